The molecule has 0 radical (unpaired) electrons. The van der Waals surface area contributed by atoms with Crippen LogP contribution in [0.1, 0.15) is 21.5 Å². The van der Waals surface area contributed by atoms with Gasteiger partial charge in [-0.1, -0.05) is 36.4 Å². The summed E-state index contributed by atoms with van der Waals surface area (Å²) < 4.78 is 38.5. The number of carbonyl (C=O) groups is 2. The number of carbonyl (C=O) groups excluding carboxylic acids is 2. The first-order chi connectivity index (χ1) is 13.8. The van der Waals surface area contributed by atoms with Crippen LogP contribution in [0, 0.1) is 0 Å². The second-order valence-electron chi connectivity index (χ2n) is 6.90. The predicted molar refractivity (Wildman–Crippen MR) is 102 cm³/mol. The van der Waals surface area contributed by atoms with Gasteiger partial charge in [0.2, 0.25) is 5.91 Å². The van der Waals surface area contributed by atoms with E-state index in [2.05, 4.69) is 5.32 Å². The Bertz CT molecular complexity index is 848. The third-order valence-electron chi connectivity index (χ3n) is 4.82. The van der Waals surface area contributed by atoms with Gasteiger partial charge in [0.05, 0.1) is 12.1 Å². The fraction of sp³-hybridized carbons (Fsp3) is 0.333. The average Bonchev–Trinajstić information content (AvgIpc) is 2.72. The van der Waals surface area contributed by atoms with Crippen LogP contribution in [0.25, 0.3) is 0 Å². The number of alkyl halides is 3. The molecule has 154 valence electrons. The largest absolute Gasteiger partial charge is 0.416 e. The summed E-state index contributed by atoms with van der Waals surface area (Å²) in [5, 5.41) is 2.62. The van der Waals surface area contributed by atoms with E-state index in [1.165, 1.54) is 6.07 Å². The fourth-order valence-electron chi connectivity index (χ4n) is 3.22. The number of hydrogen-bond donors (Lipinski definition) is 1. The van der Waals surface area contributed by atoms with Gasteiger partial charge in [-0.05, 0) is 23.8 Å². The molecule has 5 nitrogen and oxygen atoms in total. The molecule has 3 rings (SSSR count). The zero-order chi connectivity index (χ0) is 20.9. The van der Waals surface area contributed by atoms with Crippen molar-refractivity contribution in [3.8, 4) is 0 Å². The van der Waals surface area contributed by atoms with Crippen molar-refractivity contribution < 1.29 is 22.8 Å². The molecule has 0 unspecified atom stereocenters. The molecule has 0 bridgehead atoms. The van der Waals surface area contributed by atoms with E-state index in [4.69, 9.17) is 0 Å². The van der Waals surface area contributed by atoms with Gasteiger partial charge in [-0.15, -0.1) is 0 Å². The Hall–Kier alpha value is -2.87. The smallest absolute Gasteiger partial charge is 0.343 e. The molecule has 2 aromatic rings. The second kappa shape index (κ2) is 9.09. The Labute approximate surface area is 167 Å². The number of amides is 2. The number of nitrogens with zero attached hydrogens (tertiary/aromatic N) is 2. The normalized spacial score (nSPS) is 15.2. The van der Waals surface area contributed by atoms with Gasteiger partial charge < -0.3 is 10.2 Å². The lowest BCUT2D eigenvalue weighted by Gasteiger charge is -2.34. The molecule has 1 heterocycles. The zero-order valence-corrected chi connectivity index (χ0v) is 15.8. The highest BCUT2D eigenvalue weighted by atomic mass is 19.4. The molecule has 0 saturated carbocycles. The molecular formula is C21H22F3N3O2. The number of benzene rings is 2. The van der Waals surface area contributed by atoms with E-state index in [9.17, 15) is 22.8 Å². The molecule has 1 aliphatic heterocycles. The van der Waals surface area contributed by atoms with E-state index in [0.717, 1.165) is 12.1 Å². The summed E-state index contributed by atoms with van der Waals surface area (Å²) in [5.74, 6) is -0.477. The average molecular weight is 405 g/mol. The summed E-state index contributed by atoms with van der Waals surface area (Å²) >= 11 is 0. The lowest BCUT2D eigenvalue weighted by atomic mass is 10.1. The first-order valence-corrected chi connectivity index (χ1v) is 9.32. The van der Waals surface area contributed by atoms with Crippen molar-refractivity contribution in [2.75, 3.05) is 32.7 Å². The molecule has 2 amide bonds. The molecule has 0 atom stereocenters. The van der Waals surface area contributed by atoms with Crippen molar-refractivity contribution in [3.05, 3.63) is 71.3 Å². The third kappa shape index (κ3) is 5.80. The van der Waals surface area contributed by atoms with Gasteiger partial charge in [0, 0.05) is 38.3 Å². The second-order valence-corrected chi connectivity index (χ2v) is 6.90. The van der Waals surface area contributed by atoms with Crippen LogP contribution in [0.2, 0.25) is 0 Å². The Kier molecular flexibility index (Phi) is 6.53. The number of halogens is 3. The van der Waals surface area contributed by atoms with Crippen molar-refractivity contribution in [1.82, 2.24) is 15.1 Å². The number of hydrogen-bond acceptors (Lipinski definition) is 3. The molecule has 29 heavy (non-hydrogen) atoms. The van der Waals surface area contributed by atoms with Crippen LogP contribution in [0.3, 0.4) is 0 Å². The quantitative estimate of drug-likeness (QED) is 0.833. The summed E-state index contributed by atoms with van der Waals surface area (Å²) in [6, 6.07) is 14.0. The number of piperazine rings is 1. The van der Waals surface area contributed by atoms with Crippen LogP contribution >= 0.6 is 0 Å². The van der Waals surface area contributed by atoms with Crippen molar-refractivity contribution >= 4 is 11.8 Å². The number of rotatable bonds is 5. The van der Waals surface area contributed by atoms with Gasteiger partial charge in [0.15, 0.2) is 0 Å². The SMILES string of the molecule is O=C(NCC(=O)N1CCN(Cc2cccc(C(F)(F)F)c2)CC1)c1ccccc1. The molecule has 8 heteroatoms. The van der Waals surface area contributed by atoms with E-state index in [-0.39, 0.29) is 18.4 Å². The van der Waals surface area contributed by atoms with Crippen LogP contribution in [0.15, 0.2) is 54.6 Å². The molecule has 0 aliphatic carbocycles. The highest BCUT2D eigenvalue weighted by Gasteiger charge is 2.30. The summed E-state index contributed by atoms with van der Waals surface area (Å²) in [4.78, 5) is 28.0. The van der Waals surface area contributed by atoms with Crippen molar-refractivity contribution in [2.45, 2.75) is 12.7 Å². The Morgan fingerprint density at radius 3 is 2.28 bits per heavy atom. The Morgan fingerprint density at radius 1 is 0.931 bits per heavy atom. The minimum atomic E-state index is -4.36. The zero-order valence-electron chi connectivity index (χ0n) is 15.8. The molecule has 1 aliphatic rings. The molecule has 0 spiro atoms. The Morgan fingerprint density at radius 2 is 1.62 bits per heavy atom. The van der Waals surface area contributed by atoms with Crippen LogP contribution in [-0.2, 0) is 17.5 Å². The monoisotopic (exact) mass is 405 g/mol. The van der Waals surface area contributed by atoms with Crippen LogP contribution < -0.4 is 5.32 Å². The topological polar surface area (TPSA) is 52.7 Å². The fourth-order valence-corrected chi connectivity index (χ4v) is 3.22. The molecule has 2 aromatic carbocycles. The van der Waals surface area contributed by atoms with Gasteiger partial charge >= 0.3 is 6.18 Å². The maximum absolute atomic E-state index is 12.8. The van der Waals surface area contributed by atoms with Gasteiger partial charge in [0.25, 0.3) is 5.91 Å². The minimum absolute atomic E-state index is 0.0820. The predicted octanol–water partition coefficient (Wildman–Crippen LogP) is 2.78. The van der Waals surface area contributed by atoms with Gasteiger partial charge in [-0.2, -0.15) is 13.2 Å². The first-order valence-electron chi connectivity index (χ1n) is 9.32. The highest BCUT2D eigenvalue weighted by molar-refractivity contribution is 5.96. The lowest BCUT2D eigenvalue weighted by molar-refractivity contribution is -0.137. The van der Waals surface area contributed by atoms with Gasteiger partial charge in [0.1, 0.15) is 0 Å². The molecular weight excluding hydrogens is 383 g/mol. The van der Waals surface area contributed by atoms with Crippen LogP contribution in [0.4, 0.5) is 13.2 Å². The summed E-state index contributed by atoms with van der Waals surface area (Å²) in [5.41, 5.74) is 0.430. The Balaban J connectivity index is 1.45. The van der Waals surface area contributed by atoms with E-state index in [0.29, 0.717) is 43.9 Å². The maximum Gasteiger partial charge on any atom is 0.416 e. The van der Waals surface area contributed by atoms with Gasteiger partial charge in [-0.25, -0.2) is 0 Å². The van der Waals surface area contributed by atoms with E-state index < -0.39 is 11.7 Å². The lowest BCUT2D eigenvalue weighted by Crippen LogP contribution is -2.50. The van der Waals surface area contributed by atoms with Crippen molar-refractivity contribution in [3.63, 3.8) is 0 Å². The summed E-state index contributed by atoms with van der Waals surface area (Å²) in [6.07, 6.45) is -4.36. The van der Waals surface area contributed by atoms with Gasteiger partial charge in [-0.3, -0.25) is 14.5 Å². The molecule has 1 saturated heterocycles. The molecule has 1 N–H and O–H groups in total. The molecule has 0 aromatic heterocycles. The maximum atomic E-state index is 12.8. The minimum Gasteiger partial charge on any atom is -0.343 e. The molecule has 1 fully saturated rings. The van der Waals surface area contributed by atoms with Crippen molar-refractivity contribution in [1.29, 1.82) is 0 Å². The summed E-state index contributed by atoms with van der Waals surface area (Å²) in [6.45, 7) is 2.39. The van der Waals surface area contributed by atoms with E-state index in [1.54, 1.807) is 41.3 Å². The standard InChI is InChI=1S/C21H22F3N3O2/c22-21(23,24)18-8-4-5-16(13-18)15-26-9-11-27(12-10-26)19(28)14-25-20(29)17-6-2-1-3-7-17/h1-8,13H,9-12,14-15H2,(H,25,29). The first kappa shape index (κ1) is 20.9. The van der Waals surface area contributed by atoms with E-state index in [1.807, 2.05) is 4.90 Å². The van der Waals surface area contributed by atoms with E-state index >= 15 is 0 Å². The third-order valence-corrected chi connectivity index (χ3v) is 4.82. The van der Waals surface area contributed by atoms with Crippen LogP contribution in [-0.4, -0.2) is 54.3 Å². The van der Waals surface area contributed by atoms with Crippen molar-refractivity contribution in [2.24, 2.45) is 0 Å². The number of nitrogens with one attached hydrogen (secondary N) is 1. The highest BCUT2D eigenvalue weighted by Crippen LogP contribution is 2.29. The van der Waals surface area contributed by atoms with Crippen LogP contribution in [0.5, 0.6) is 0 Å². The summed E-state index contributed by atoms with van der Waals surface area (Å²) in [7, 11) is 0.